The molecule has 106 valence electrons. The summed E-state index contributed by atoms with van der Waals surface area (Å²) in [6.07, 6.45) is 4.43. The Morgan fingerprint density at radius 1 is 1.44 bits per heavy atom. The highest BCUT2D eigenvalue weighted by Gasteiger charge is 2.34. The van der Waals surface area contributed by atoms with Crippen LogP contribution in [0, 0.1) is 5.92 Å². The van der Waals surface area contributed by atoms with Gasteiger partial charge in [0.2, 0.25) is 5.91 Å². The standard InChI is InChI=1S/C14H27NO3/c1-4-11(2)13(3,17)10-15-12(16)9-14(18)7-5-6-8-14/h11,17-18H,4-10H2,1-3H3,(H,15,16). The predicted octanol–water partition coefficient (Wildman–Crippen LogP) is 1.59. The molecule has 1 amide bonds. The quantitative estimate of drug-likeness (QED) is 0.677. The lowest BCUT2D eigenvalue weighted by molar-refractivity contribution is -0.127. The van der Waals surface area contributed by atoms with E-state index >= 15 is 0 Å². The van der Waals surface area contributed by atoms with E-state index in [-0.39, 0.29) is 24.8 Å². The second-order valence-electron chi connectivity index (χ2n) is 6.05. The summed E-state index contributed by atoms with van der Waals surface area (Å²) in [5.74, 6) is -0.0321. The van der Waals surface area contributed by atoms with Crippen molar-refractivity contribution in [1.82, 2.24) is 5.32 Å². The molecule has 0 radical (unpaired) electrons. The van der Waals surface area contributed by atoms with Crippen molar-refractivity contribution in [1.29, 1.82) is 0 Å². The molecule has 0 spiro atoms. The normalized spacial score (nSPS) is 23.4. The average Bonchev–Trinajstić information content (AvgIpc) is 2.72. The number of hydrogen-bond donors (Lipinski definition) is 3. The zero-order chi connectivity index (χ0) is 13.8. The lowest BCUT2D eigenvalue weighted by atomic mass is 9.88. The molecule has 2 atom stereocenters. The minimum Gasteiger partial charge on any atom is -0.389 e. The summed E-state index contributed by atoms with van der Waals surface area (Å²) in [5, 5.41) is 23.0. The summed E-state index contributed by atoms with van der Waals surface area (Å²) >= 11 is 0. The van der Waals surface area contributed by atoms with Gasteiger partial charge < -0.3 is 15.5 Å². The maximum absolute atomic E-state index is 11.8. The van der Waals surface area contributed by atoms with E-state index in [0.717, 1.165) is 19.3 Å². The van der Waals surface area contributed by atoms with Gasteiger partial charge >= 0.3 is 0 Å². The number of aliphatic hydroxyl groups is 2. The first-order valence-corrected chi connectivity index (χ1v) is 7.00. The van der Waals surface area contributed by atoms with Crippen LogP contribution in [0.25, 0.3) is 0 Å². The maximum Gasteiger partial charge on any atom is 0.222 e. The average molecular weight is 257 g/mol. The summed E-state index contributed by atoms with van der Waals surface area (Å²) < 4.78 is 0. The van der Waals surface area contributed by atoms with E-state index in [2.05, 4.69) is 5.32 Å². The molecule has 0 aliphatic heterocycles. The Labute approximate surface area is 110 Å². The van der Waals surface area contributed by atoms with Gasteiger partial charge in [-0.15, -0.1) is 0 Å². The minimum atomic E-state index is -0.886. The van der Waals surface area contributed by atoms with E-state index in [9.17, 15) is 15.0 Å². The Morgan fingerprint density at radius 2 is 2.00 bits per heavy atom. The van der Waals surface area contributed by atoms with Gasteiger partial charge in [0.05, 0.1) is 17.6 Å². The highest BCUT2D eigenvalue weighted by Crippen LogP contribution is 2.32. The first-order valence-electron chi connectivity index (χ1n) is 7.00. The lowest BCUT2D eigenvalue weighted by Crippen LogP contribution is -2.46. The first kappa shape index (κ1) is 15.4. The van der Waals surface area contributed by atoms with Crippen LogP contribution in [0.15, 0.2) is 0 Å². The Hall–Kier alpha value is -0.610. The number of nitrogens with one attached hydrogen (secondary N) is 1. The molecular weight excluding hydrogens is 230 g/mol. The largest absolute Gasteiger partial charge is 0.389 e. The van der Waals surface area contributed by atoms with Crippen molar-refractivity contribution in [2.45, 2.75) is 70.5 Å². The van der Waals surface area contributed by atoms with Gasteiger partial charge in [-0.25, -0.2) is 0 Å². The van der Waals surface area contributed by atoms with Crippen LogP contribution in [-0.4, -0.2) is 33.9 Å². The summed E-state index contributed by atoms with van der Waals surface area (Å²) in [4.78, 5) is 11.8. The van der Waals surface area contributed by atoms with E-state index < -0.39 is 11.2 Å². The van der Waals surface area contributed by atoms with Crippen LogP contribution in [0.3, 0.4) is 0 Å². The van der Waals surface area contributed by atoms with Crippen molar-refractivity contribution in [2.24, 2.45) is 5.92 Å². The van der Waals surface area contributed by atoms with E-state index in [1.54, 1.807) is 6.92 Å². The van der Waals surface area contributed by atoms with Crippen LogP contribution >= 0.6 is 0 Å². The maximum atomic E-state index is 11.8. The van der Waals surface area contributed by atoms with Crippen molar-refractivity contribution in [3.05, 3.63) is 0 Å². The van der Waals surface area contributed by atoms with Crippen LogP contribution in [0.4, 0.5) is 0 Å². The molecule has 0 aromatic rings. The van der Waals surface area contributed by atoms with Gasteiger partial charge in [-0.1, -0.05) is 33.1 Å². The summed E-state index contributed by atoms with van der Waals surface area (Å²) in [6, 6.07) is 0. The van der Waals surface area contributed by atoms with E-state index in [1.165, 1.54) is 0 Å². The number of amides is 1. The molecule has 3 N–H and O–H groups in total. The Balaban J connectivity index is 2.37. The molecule has 0 aromatic carbocycles. The van der Waals surface area contributed by atoms with Gasteiger partial charge in [0.25, 0.3) is 0 Å². The molecule has 0 aromatic heterocycles. The van der Waals surface area contributed by atoms with Crippen LogP contribution in [0.2, 0.25) is 0 Å². The Bertz CT molecular complexity index is 283. The summed E-state index contributed by atoms with van der Waals surface area (Å²) in [7, 11) is 0. The van der Waals surface area contributed by atoms with Crippen LogP contribution in [0.5, 0.6) is 0 Å². The van der Waals surface area contributed by atoms with Gasteiger partial charge in [0.15, 0.2) is 0 Å². The molecule has 4 nitrogen and oxygen atoms in total. The van der Waals surface area contributed by atoms with Crippen LogP contribution in [-0.2, 0) is 4.79 Å². The molecule has 0 saturated heterocycles. The number of carbonyl (C=O) groups is 1. The fourth-order valence-electron chi connectivity index (χ4n) is 2.46. The van der Waals surface area contributed by atoms with E-state index in [4.69, 9.17) is 0 Å². The van der Waals surface area contributed by atoms with Gasteiger partial charge in [0.1, 0.15) is 0 Å². The fourth-order valence-corrected chi connectivity index (χ4v) is 2.46. The topological polar surface area (TPSA) is 69.6 Å². The monoisotopic (exact) mass is 257 g/mol. The summed E-state index contributed by atoms with van der Waals surface area (Å²) in [5.41, 5.74) is -1.70. The smallest absolute Gasteiger partial charge is 0.222 e. The van der Waals surface area contributed by atoms with Gasteiger partial charge in [0, 0.05) is 6.54 Å². The Morgan fingerprint density at radius 3 is 2.50 bits per heavy atom. The lowest BCUT2D eigenvalue weighted by Gasteiger charge is -2.30. The highest BCUT2D eigenvalue weighted by molar-refractivity contribution is 5.77. The molecule has 4 heteroatoms. The van der Waals surface area contributed by atoms with Crippen molar-refractivity contribution >= 4 is 5.91 Å². The van der Waals surface area contributed by atoms with E-state index in [0.29, 0.717) is 12.8 Å². The number of carbonyl (C=O) groups excluding carboxylic acids is 1. The van der Waals surface area contributed by atoms with Gasteiger partial charge in [-0.3, -0.25) is 4.79 Å². The molecule has 2 unspecified atom stereocenters. The molecule has 0 bridgehead atoms. The minimum absolute atomic E-state index is 0.132. The zero-order valence-electron chi connectivity index (χ0n) is 11.8. The van der Waals surface area contributed by atoms with Crippen molar-refractivity contribution < 1.29 is 15.0 Å². The zero-order valence-corrected chi connectivity index (χ0v) is 11.8. The second-order valence-corrected chi connectivity index (χ2v) is 6.05. The number of rotatable bonds is 6. The SMILES string of the molecule is CCC(C)C(C)(O)CNC(=O)CC1(O)CCCC1. The molecule has 1 saturated carbocycles. The Kier molecular flexibility index (Phi) is 5.17. The molecular formula is C14H27NO3. The predicted molar refractivity (Wildman–Crippen MR) is 71.1 cm³/mol. The molecule has 1 fully saturated rings. The fraction of sp³-hybridized carbons (Fsp3) is 0.929. The van der Waals surface area contributed by atoms with Gasteiger partial charge in [-0.05, 0) is 25.7 Å². The third-order valence-electron chi connectivity index (χ3n) is 4.34. The van der Waals surface area contributed by atoms with Crippen molar-refractivity contribution in [3.8, 4) is 0 Å². The van der Waals surface area contributed by atoms with Crippen LogP contribution in [0.1, 0.15) is 59.3 Å². The molecule has 18 heavy (non-hydrogen) atoms. The third-order valence-corrected chi connectivity index (χ3v) is 4.34. The highest BCUT2D eigenvalue weighted by atomic mass is 16.3. The number of hydrogen-bond acceptors (Lipinski definition) is 3. The first-order chi connectivity index (χ1) is 8.29. The summed E-state index contributed by atoms with van der Waals surface area (Å²) in [6.45, 7) is 5.97. The van der Waals surface area contributed by atoms with Crippen molar-refractivity contribution in [3.63, 3.8) is 0 Å². The molecule has 1 rings (SSSR count). The van der Waals surface area contributed by atoms with E-state index in [1.807, 2.05) is 13.8 Å². The second kappa shape index (κ2) is 6.02. The molecule has 0 heterocycles. The van der Waals surface area contributed by atoms with Gasteiger partial charge in [-0.2, -0.15) is 0 Å². The van der Waals surface area contributed by atoms with Crippen LogP contribution < -0.4 is 5.32 Å². The third kappa shape index (κ3) is 4.25. The molecule has 1 aliphatic rings. The van der Waals surface area contributed by atoms with Crippen molar-refractivity contribution in [2.75, 3.05) is 6.54 Å². The molecule has 1 aliphatic carbocycles.